The number of aryl methyl sites for hydroxylation is 1. The van der Waals surface area contributed by atoms with Crippen molar-refractivity contribution in [2.45, 2.75) is 25.8 Å². The molecule has 1 aliphatic heterocycles. The van der Waals surface area contributed by atoms with E-state index in [1.54, 1.807) is 0 Å². The van der Waals surface area contributed by atoms with Crippen LogP contribution in [0, 0.1) is 6.92 Å². The standard InChI is InChI=1S/C29H24BrN3O4/c1-17-7-9-18(10-8-17)24-16-23(32-33(24)25(34)13-14-26(35)36)28-27(19-5-3-2-4-6-19)21-15-20(30)11-12-22(21)31-29(28)37/h2-12,15-16,24,32H,13-14H2,1H3,(H,31,37)(H,35,36)/t24-/m1/s1. The summed E-state index contributed by atoms with van der Waals surface area (Å²) in [6.07, 6.45) is 1.40. The molecule has 4 aromatic rings. The molecular formula is C29H24BrN3O4. The van der Waals surface area contributed by atoms with Crippen LogP contribution >= 0.6 is 15.9 Å². The molecule has 186 valence electrons. The number of hydrogen-bond acceptors (Lipinski definition) is 4. The van der Waals surface area contributed by atoms with E-state index in [-0.39, 0.29) is 24.3 Å². The van der Waals surface area contributed by atoms with Gasteiger partial charge >= 0.3 is 5.97 Å². The fourth-order valence-corrected chi connectivity index (χ4v) is 4.96. The molecule has 0 radical (unpaired) electrons. The molecule has 3 aromatic carbocycles. The molecular weight excluding hydrogens is 534 g/mol. The molecule has 7 nitrogen and oxygen atoms in total. The highest BCUT2D eigenvalue weighted by Gasteiger charge is 2.33. The maximum Gasteiger partial charge on any atom is 0.303 e. The van der Waals surface area contributed by atoms with Gasteiger partial charge in [-0.2, -0.15) is 0 Å². The smallest absolute Gasteiger partial charge is 0.303 e. The van der Waals surface area contributed by atoms with Gasteiger partial charge in [-0.3, -0.25) is 19.8 Å². The van der Waals surface area contributed by atoms with E-state index < -0.39 is 12.0 Å². The third-order valence-electron chi connectivity index (χ3n) is 6.39. The molecule has 1 atom stereocenters. The van der Waals surface area contributed by atoms with E-state index in [0.29, 0.717) is 16.8 Å². The van der Waals surface area contributed by atoms with Crippen LogP contribution in [0.3, 0.4) is 0 Å². The monoisotopic (exact) mass is 557 g/mol. The van der Waals surface area contributed by atoms with Gasteiger partial charge in [0.15, 0.2) is 0 Å². The lowest BCUT2D eigenvalue weighted by Gasteiger charge is -2.26. The van der Waals surface area contributed by atoms with Gasteiger partial charge in [0.05, 0.1) is 23.7 Å². The Morgan fingerprint density at radius 2 is 1.70 bits per heavy atom. The summed E-state index contributed by atoms with van der Waals surface area (Å²) in [6, 6.07) is 22.6. The van der Waals surface area contributed by atoms with Crippen molar-refractivity contribution < 1.29 is 14.7 Å². The normalized spacial score (nSPS) is 14.9. The van der Waals surface area contributed by atoms with Crippen LogP contribution in [0.1, 0.15) is 35.6 Å². The highest BCUT2D eigenvalue weighted by molar-refractivity contribution is 9.10. The summed E-state index contributed by atoms with van der Waals surface area (Å²) in [7, 11) is 0. The maximum absolute atomic E-state index is 13.5. The van der Waals surface area contributed by atoms with Crippen LogP contribution in [-0.4, -0.2) is 27.0 Å². The number of aromatic amines is 1. The molecule has 0 unspecified atom stereocenters. The minimum absolute atomic E-state index is 0.168. The lowest BCUT2D eigenvalue weighted by Crippen LogP contribution is -2.40. The highest BCUT2D eigenvalue weighted by Crippen LogP contribution is 2.38. The average molecular weight is 558 g/mol. The molecule has 0 saturated carbocycles. The number of carbonyl (C=O) groups is 2. The topological polar surface area (TPSA) is 103 Å². The average Bonchev–Trinajstić information content (AvgIpc) is 3.32. The number of aromatic nitrogens is 1. The molecule has 0 bridgehead atoms. The molecule has 2 heterocycles. The Bertz CT molecular complexity index is 1590. The number of pyridine rings is 1. The minimum Gasteiger partial charge on any atom is -0.481 e. The molecule has 0 saturated heterocycles. The predicted octanol–water partition coefficient (Wildman–Crippen LogP) is 5.56. The summed E-state index contributed by atoms with van der Waals surface area (Å²) in [5.41, 5.74) is 7.95. The van der Waals surface area contributed by atoms with Crippen molar-refractivity contribution in [2.24, 2.45) is 0 Å². The Morgan fingerprint density at radius 3 is 2.41 bits per heavy atom. The second kappa shape index (κ2) is 10.1. The van der Waals surface area contributed by atoms with E-state index in [9.17, 15) is 14.4 Å². The molecule has 3 N–H and O–H groups in total. The van der Waals surface area contributed by atoms with Gasteiger partial charge in [0.25, 0.3) is 5.56 Å². The number of carboxylic acids is 1. The molecule has 0 fully saturated rings. The van der Waals surface area contributed by atoms with Crippen LogP contribution in [0.4, 0.5) is 0 Å². The van der Waals surface area contributed by atoms with Gasteiger partial charge in [0.1, 0.15) is 0 Å². The summed E-state index contributed by atoms with van der Waals surface area (Å²) in [6.45, 7) is 1.98. The first-order chi connectivity index (χ1) is 17.8. The quantitative estimate of drug-likeness (QED) is 0.288. The lowest BCUT2D eigenvalue weighted by molar-refractivity contribution is -0.142. The third-order valence-corrected chi connectivity index (χ3v) is 6.89. The molecule has 37 heavy (non-hydrogen) atoms. The van der Waals surface area contributed by atoms with Crippen molar-refractivity contribution in [3.8, 4) is 11.1 Å². The van der Waals surface area contributed by atoms with Crippen LogP contribution in [0.15, 0.2) is 88.1 Å². The number of carboxylic acid groups (broad SMARTS) is 1. The predicted molar refractivity (Wildman–Crippen MR) is 146 cm³/mol. The molecule has 5 rings (SSSR count). The zero-order chi connectivity index (χ0) is 26.1. The largest absolute Gasteiger partial charge is 0.481 e. The van der Waals surface area contributed by atoms with E-state index in [4.69, 9.17) is 5.11 Å². The fourth-order valence-electron chi connectivity index (χ4n) is 4.60. The number of rotatable bonds is 6. The number of hydrazine groups is 1. The highest BCUT2D eigenvalue weighted by atomic mass is 79.9. The van der Waals surface area contributed by atoms with Crippen molar-refractivity contribution in [1.82, 2.24) is 15.4 Å². The maximum atomic E-state index is 13.5. The Hall–Kier alpha value is -4.17. The molecule has 1 amide bonds. The van der Waals surface area contributed by atoms with Crippen molar-refractivity contribution in [3.63, 3.8) is 0 Å². The van der Waals surface area contributed by atoms with E-state index in [0.717, 1.165) is 32.1 Å². The number of fused-ring (bicyclic) bond motifs is 1. The van der Waals surface area contributed by atoms with E-state index in [1.807, 2.05) is 85.8 Å². The van der Waals surface area contributed by atoms with Gasteiger partial charge < -0.3 is 10.1 Å². The number of nitrogens with one attached hydrogen (secondary N) is 2. The van der Waals surface area contributed by atoms with Crippen LogP contribution in [0.25, 0.3) is 27.7 Å². The number of benzene rings is 3. The minimum atomic E-state index is -1.05. The first kappa shape index (κ1) is 24.5. The second-order valence-corrected chi connectivity index (χ2v) is 9.88. The zero-order valence-corrected chi connectivity index (χ0v) is 21.6. The van der Waals surface area contributed by atoms with Gasteiger partial charge in [-0.15, -0.1) is 0 Å². The SMILES string of the molecule is Cc1ccc([C@H]2C=C(c3c(-c4ccccc4)c4cc(Br)ccc4[nH]c3=O)NN2C(=O)CCC(=O)O)cc1. The van der Waals surface area contributed by atoms with Crippen molar-refractivity contribution in [2.75, 3.05) is 0 Å². The van der Waals surface area contributed by atoms with Crippen molar-refractivity contribution >= 4 is 44.4 Å². The lowest BCUT2D eigenvalue weighted by atomic mass is 9.94. The number of H-pyrrole nitrogens is 1. The van der Waals surface area contributed by atoms with Gasteiger partial charge in [0.2, 0.25) is 5.91 Å². The van der Waals surface area contributed by atoms with Crippen LogP contribution < -0.4 is 11.0 Å². The summed E-state index contributed by atoms with van der Waals surface area (Å²) < 4.78 is 0.867. The molecule has 8 heteroatoms. The van der Waals surface area contributed by atoms with Gasteiger partial charge in [-0.25, -0.2) is 5.01 Å². The Morgan fingerprint density at radius 1 is 0.973 bits per heavy atom. The number of hydrogen-bond donors (Lipinski definition) is 3. The Balaban J connectivity index is 1.70. The number of carbonyl (C=O) groups excluding carboxylic acids is 1. The number of amides is 1. The Labute approximate surface area is 221 Å². The molecule has 0 spiro atoms. The van der Waals surface area contributed by atoms with E-state index >= 15 is 0 Å². The van der Waals surface area contributed by atoms with Crippen molar-refractivity contribution in [3.05, 3.63) is 110 Å². The molecule has 1 aromatic heterocycles. The molecule has 1 aliphatic rings. The number of nitrogens with zero attached hydrogens (tertiary/aromatic N) is 1. The summed E-state index contributed by atoms with van der Waals surface area (Å²) in [5, 5.41) is 11.4. The zero-order valence-electron chi connectivity index (χ0n) is 20.0. The van der Waals surface area contributed by atoms with E-state index in [1.165, 1.54) is 5.01 Å². The first-order valence-electron chi connectivity index (χ1n) is 11.8. The second-order valence-electron chi connectivity index (χ2n) is 8.97. The van der Waals surface area contributed by atoms with Gasteiger partial charge in [-0.05, 0) is 42.3 Å². The summed E-state index contributed by atoms with van der Waals surface area (Å²) in [5.74, 6) is -1.42. The summed E-state index contributed by atoms with van der Waals surface area (Å²) in [4.78, 5) is 40.8. The molecule has 0 aliphatic carbocycles. The fraction of sp³-hybridized carbons (Fsp3) is 0.138. The number of halogens is 1. The van der Waals surface area contributed by atoms with E-state index in [2.05, 4.69) is 26.3 Å². The first-order valence-corrected chi connectivity index (χ1v) is 12.6. The van der Waals surface area contributed by atoms with Crippen LogP contribution in [-0.2, 0) is 9.59 Å². The van der Waals surface area contributed by atoms with Crippen LogP contribution in [0.5, 0.6) is 0 Å². The number of aliphatic carboxylic acids is 1. The Kier molecular flexibility index (Phi) is 6.67. The third kappa shape index (κ3) is 4.93. The van der Waals surface area contributed by atoms with Crippen LogP contribution in [0.2, 0.25) is 0 Å². The summed E-state index contributed by atoms with van der Waals surface area (Å²) >= 11 is 3.55. The van der Waals surface area contributed by atoms with Gasteiger partial charge in [-0.1, -0.05) is 76.1 Å². The van der Waals surface area contributed by atoms with Crippen molar-refractivity contribution in [1.29, 1.82) is 0 Å². The van der Waals surface area contributed by atoms with Gasteiger partial charge in [0, 0.05) is 27.4 Å².